The van der Waals surface area contributed by atoms with E-state index in [0.29, 0.717) is 11.5 Å². The van der Waals surface area contributed by atoms with Crippen molar-refractivity contribution in [3.05, 3.63) is 0 Å². The maximum absolute atomic E-state index is 6.43. The molecule has 4 aliphatic rings. The number of hydrogen-bond acceptors (Lipinski definition) is 3. The zero-order valence-corrected chi connectivity index (χ0v) is 9.08. The Morgan fingerprint density at radius 1 is 1.21 bits per heavy atom. The highest BCUT2D eigenvalue weighted by molar-refractivity contribution is 5.07. The number of fused-ring (bicyclic) bond motifs is 1. The van der Waals surface area contributed by atoms with Crippen LogP contribution in [0.15, 0.2) is 0 Å². The fraction of sp³-hybridized carbons (Fsp3) is 1.00. The van der Waals surface area contributed by atoms with Gasteiger partial charge in [0.05, 0.1) is 0 Å². The summed E-state index contributed by atoms with van der Waals surface area (Å²) in [5, 5.41) is 0. The SMILES string of the molecule is CCC12CN3CCN(CC(C3)[C@H]1N)C2. The van der Waals surface area contributed by atoms with E-state index in [2.05, 4.69) is 16.7 Å². The van der Waals surface area contributed by atoms with Crippen LogP contribution in [0.4, 0.5) is 0 Å². The monoisotopic (exact) mass is 195 g/mol. The van der Waals surface area contributed by atoms with Gasteiger partial charge >= 0.3 is 0 Å². The molecule has 80 valence electrons. The molecule has 2 unspecified atom stereocenters. The molecule has 2 N–H and O–H groups in total. The molecule has 0 radical (unpaired) electrons. The molecule has 4 saturated heterocycles. The second-order valence-electron chi connectivity index (χ2n) is 5.47. The average molecular weight is 195 g/mol. The summed E-state index contributed by atoms with van der Waals surface area (Å²) in [6, 6.07) is 0.457. The Morgan fingerprint density at radius 3 is 2.29 bits per heavy atom. The van der Waals surface area contributed by atoms with Gasteiger partial charge in [-0.3, -0.25) is 0 Å². The van der Waals surface area contributed by atoms with E-state index >= 15 is 0 Å². The van der Waals surface area contributed by atoms with Crippen LogP contribution in [0.1, 0.15) is 13.3 Å². The Labute approximate surface area is 86.2 Å². The zero-order chi connectivity index (χ0) is 9.76. The van der Waals surface area contributed by atoms with Crippen LogP contribution >= 0.6 is 0 Å². The molecule has 3 atom stereocenters. The molecule has 4 heterocycles. The van der Waals surface area contributed by atoms with Crippen molar-refractivity contribution in [1.82, 2.24) is 9.80 Å². The summed E-state index contributed by atoms with van der Waals surface area (Å²) in [4.78, 5) is 5.29. The maximum atomic E-state index is 6.43. The topological polar surface area (TPSA) is 32.5 Å². The van der Waals surface area contributed by atoms with E-state index in [9.17, 15) is 0 Å². The molecule has 4 aliphatic heterocycles. The van der Waals surface area contributed by atoms with Crippen LogP contribution in [0, 0.1) is 11.3 Å². The predicted molar refractivity (Wildman–Crippen MR) is 57.1 cm³/mol. The van der Waals surface area contributed by atoms with Gasteiger partial charge in [0.2, 0.25) is 0 Å². The smallest absolute Gasteiger partial charge is 0.0173 e. The Bertz CT molecular complexity index is 225. The molecule has 0 saturated carbocycles. The van der Waals surface area contributed by atoms with Gasteiger partial charge in [0.25, 0.3) is 0 Å². The maximum Gasteiger partial charge on any atom is 0.0173 e. The van der Waals surface area contributed by atoms with Gasteiger partial charge in [0, 0.05) is 56.6 Å². The second-order valence-corrected chi connectivity index (χ2v) is 5.47. The van der Waals surface area contributed by atoms with Gasteiger partial charge in [-0.25, -0.2) is 0 Å². The van der Waals surface area contributed by atoms with Crippen LogP contribution in [-0.2, 0) is 0 Å². The first-order valence-electron chi connectivity index (χ1n) is 5.94. The van der Waals surface area contributed by atoms with Crippen LogP contribution in [-0.4, -0.2) is 55.1 Å². The largest absolute Gasteiger partial charge is 0.327 e. The standard InChI is InChI=1S/C11H21N3/c1-2-11-7-13-3-4-14(8-11)6-9(5-13)10(11)12/h9-10H,2-8,12H2,1H3/t9?,10-,11?/m1/s1. The number of rotatable bonds is 1. The molecule has 4 bridgehead atoms. The van der Waals surface area contributed by atoms with Crippen LogP contribution in [0.3, 0.4) is 0 Å². The van der Waals surface area contributed by atoms with Crippen LogP contribution in [0.2, 0.25) is 0 Å². The lowest BCUT2D eigenvalue weighted by Gasteiger charge is -2.54. The van der Waals surface area contributed by atoms with Crippen LogP contribution in [0.5, 0.6) is 0 Å². The van der Waals surface area contributed by atoms with Gasteiger partial charge in [-0.15, -0.1) is 0 Å². The molecule has 0 aliphatic carbocycles. The Hall–Kier alpha value is -0.120. The minimum absolute atomic E-state index is 0.414. The predicted octanol–water partition coefficient (Wildman–Crippen LogP) is -0.0289. The van der Waals surface area contributed by atoms with E-state index in [1.54, 1.807) is 0 Å². The summed E-state index contributed by atoms with van der Waals surface area (Å²) in [5.41, 5.74) is 6.84. The van der Waals surface area contributed by atoms with E-state index in [0.717, 1.165) is 5.92 Å². The minimum atomic E-state index is 0.414. The zero-order valence-electron chi connectivity index (χ0n) is 9.08. The van der Waals surface area contributed by atoms with Gasteiger partial charge in [0.1, 0.15) is 0 Å². The van der Waals surface area contributed by atoms with Gasteiger partial charge in [-0.05, 0) is 6.42 Å². The van der Waals surface area contributed by atoms with E-state index in [4.69, 9.17) is 5.73 Å². The van der Waals surface area contributed by atoms with Crippen molar-refractivity contribution in [2.75, 3.05) is 39.3 Å². The van der Waals surface area contributed by atoms with Crippen molar-refractivity contribution in [2.24, 2.45) is 17.1 Å². The van der Waals surface area contributed by atoms with Crippen molar-refractivity contribution in [2.45, 2.75) is 19.4 Å². The summed E-state index contributed by atoms with van der Waals surface area (Å²) < 4.78 is 0. The summed E-state index contributed by atoms with van der Waals surface area (Å²) >= 11 is 0. The lowest BCUT2D eigenvalue weighted by molar-refractivity contribution is -0.0189. The number of nitrogens with two attached hydrogens (primary N) is 1. The van der Waals surface area contributed by atoms with Gasteiger partial charge in [-0.2, -0.15) is 0 Å². The molecule has 14 heavy (non-hydrogen) atoms. The highest BCUT2D eigenvalue weighted by Crippen LogP contribution is 2.41. The highest BCUT2D eigenvalue weighted by Gasteiger charge is 2.51. The van der Waals surface area contributed by atoms with Crippen molar-refractivity contribution < 1.29 is 0 Å². The average Bonchev–Trinajstić information content (AvgIpc) is 2.41. The van der Waals surface area contributed by atoms with Crippen molar-refractivity contribution >= 4 is 0 Å². The molecule has 0 aromatic rings. The molecule has 4 fully saturated rings. The Balaban J connectivity index is 1.97. The fourth-order valence-electron chi connectivity index (χ4n) is 3.81. The van der Waals surface area contributed by atoms with Crippen LogP contribution < -0.4 is 5.73 Å². The summed E-state index contributed by atoms with van der Waals surface area (Å²) in [7, 11) is 0. The fourth-order valence-corrected chi connectivity index (χ4v) is 3.81. The normalized spacial score (nSPS) is 56.1. The molecule has 3 heteroatoms. The first kappa shape index (κ1) is 9.13. The summed E-state index contributed by atoms with van der Waals surface area (Å²) in [6.07, 6.45) is 1.25. The third-order valence-corrected chi connectivity index (χ3v) is 4.71. The quantitative estimate of drug-likeness (QED) is 0.638. The molecule has 3 nitrogen and oxygen atoms in total. The van der Waals surface area contributed by atoms with Crippen molar-refractivity contribution in [3.8, 4) is 0 Å². The van der Waals surface area contributed by atoms with Crippen molar-refractivity contribution in [1.29, 1.82) is 0 Å². The molecule has 4 rings (SSSR count). The van der Waals surface area contributed by atoms with Crippen molar-refractivity contribution in [3.63, 3.8) is 0 Å². The Morgan fingerprint density at radius 2 is 1.79 bits per heavy atom. The molecule has 0 spiro atoms. The molecular weight excluding hydrogens is 174 g/mol. The third kappa shape index (κ3) is 1.09. The van der Waals surface area contributed by atoms with Crippen LogP contribution in [0.25, 0.3) is 0 Å². The third-order valence-electron chi connectivity index (χ3n) is 4.71. The van der Waals surface area contributed by atoms with E-state index in [1.165, 1.54) is 45.7 Å². The summed E-state index contributed by atoms with van der Waals surface area (Å²) in [6.45, 7) is 9.85. The molecule has 0 aromatic heterocycles. The first-order chi connectivity index (χ1) is 6.73. The molecule has 0 amide bonds. The lowest BCUT2D eigenvalue weighted by Crippen LogP contribution is -2.66. The number of hydrogen-bond donors (Lipinski definition) is 1. The van der Waals surface area contributed by atoms with E-state index < -0.39 is 0 Å². The molecule has 0 aromatic carbocycles. The van der Waals surface area contributed by atoms with E-state index in [-0.39, 0.29) is 0 Å². The second kappa shape index (κ2) is 2.94. The molecular formula is C11H21N3. The Kier molecular flexibility index (Phi) is 1.92. The van der Waals surface area contributed by atoms with Gasteiger partial charge < -0.3 is 15.5 Å². The van der Waals surface area contributed by atoms with E-state index in [1.807, 2.05) is 0 Å². The minimum Gasteiger partial charge on any atom is -0.327 e. The lowest BCUT2D eigenvalue weighted by atomic mass is 9.67. The highest BCUT2D eigenvalue weighted by atomic mass is 15.3. The first-order valence-corrected chi connectivity index (χ1v) is 5.94. The van der Waals surface area contributed by atoms with Gasteiger partial charge in [0.15, 0.2) is 0 Å². The number of piperidine rings is 2. The van der Waals surface area contributed by atoms with Gasteiger partial charge in [-0.1, -0.05) is 6.92 Å². The summed E-state index contributed by atoms with van der Waals surface area (Å²) in [5.74, 6) is 0.736. The number of nitrogens with zero attached hydrogens (tertiary/aromatic N) is 2.